The minimum atomic E-state index is -1.33. The standard InChI is InChI=1S/C47H65N5O11/c1-11-35-40-36(52(46(57)62-40)23-16-15-22-51-26-49-33-20-17-21-48-42(33)51)29(4)37(53)27(2)25-47(7,58-10)41(30(5)38(54)31(6)43(55)60-35)63-45-39(34(50(8)9)24-28(3)59-45)61-44(56)32-18-13-12-14-19-32/h12-14,17-21,26-31,34-36,39-41,45H,11,15-16,22-25H2,1-10H3/t27-,28-,29-,30+,31-,34+,35-,36-,39-,40?,41-,45?,47+/m1/s1. The number of likely N-dealkylation sites (N-methyl/N-ethyl adjacent to an activating group) is 1. The fourth-order valence-corrected chi connectivity index (χ4v) is 9.67. The molecule has 63 heavy (non-hydrogen) atoms. The molecule has 1 amide bonds. The van der Waals surface area contributed by atoms with Crippen LogP contribution in [0, 0.1) is 23.7 Å². The van der Waals surface area contributed by atoms with Crippen LogP contribution in [0.4, 0.5) is 4.79 Å². The largest absolute Gasteiger partial charge is 0.458 e. The van der Waals surface area contributed by atoms with Crippen LogP contribution in [0.2, 0.25) is 0 Å². The Balaban J connectivity index is 1.30. The highest BCUT2D eigenvalue weighted by molar-refractivity contribution is 6.00. The summed E-state index contributed by atoms with van der Waals surface area (Å²) in [6.07, 6.45) is -0.421. The lowest BCUT2D eigenvalue weighted by atomic mass is 9.75. The van der Waals surface area contributed by atoms with E-state index < -0.39 is 89.8 Å². The van der Waals surface area contributed by atoms with E-state index >= 15 is 0 Å². The molecule has 0 saturated carbocycles. The molecule has 2 unspecified atom stereocenters. The van der Waals surface area contributed by atoms with Gasteiger partial charge >= 0.3 is 18.0 Å². The third-order valence-corrected chi connectivity index (χ3v) is 13.3. The lowest BCUT2D eigenvalue weighted by Gasteiger charge is -2.47. The van der Waals surface area contributed by atoms with Crippen LogP contribution < -0.4 is 0 Å². The van der Waals surface area contributed by atoms with Gasteiger partial charge in [-0.15, -0.1) is 0 Å². The molecule has 3 saturated heterocycles. The molecule has 16 heteroatoms. The number of ketones is 2. The Hall–Kier alpha value is -4.77. The number of unbranched alkanes of at least 4 members (excludes halogenated alkanes) is 1. The molecule has 3 aromatic rings. The van der Waals surface area contributed by atoms with Crippen molar-refractivity contribution in [3.05, 3.63) is 60.6 Å². The van der Waals surface area contributed by atoms with E-state index in [0.717, 1.165) is 11.2 Å². The van der Waals surface area contributed by atoms with E-state index in [4.69, 9.17) is 28.4 Å². The Morgan fingerprint density at radius 2 is 1.63 bits per heavy atom. The molecule has 0 radical (unpaired) electrons. The van der Waals surface area contributed by atoms with Crippen molar-refractivity contribution < 1.29 is 52.4 Å². The highest BCUT2D eigenvalue weighted by Crippen LogP contribution is 2.40. The molecule has 16 nitrogen and oxygen atoms in total. The van der Waals surface area contributed by atoms with Gasteiger partial charge in [0.1, 0.15) is 23.3 Å². The van der Waals surface area contributed by atoms with Crippen LogP contribution in [0.15, 0.2) is 55.0 Å². The number of aromatic nitrogens is 3. The number of ether oxygens (including phenoxy) is 6. The second-order valence-electron chi connectivity index (χ2n) is 18.0. The smallest absolute Gasteiger partial charge is 0.410 e. The number of nitrogens with zero attached hydrogens (tertiary/aromatic N) is 5. The van der Waals surface area contributed by atoms with Gasteiger partial charge in [-0.1, -0.05) is 45.9 Å². The molecule has 2 aromatic heterocycles. The number of benzene rings is 1. The quantitative estimate of drug-likeness (QED) is 0.0911. The summed E-state index contributed by atoms with van der Waals surface area (Å²) in [5, 5.41) is 0. The highest BCUT2D eigenvalue weighted by Gasteiger charge is 2.54. The van der Waals surface area contributed by atoms with Gasteiger partial charge in [0.2, 0.25) is 0 Å². The van der Waals surface area contributed by atoms with E-state index in [0.29, 0.717) is 31.4 Å². The first kappa shape index (κ1) is 47.7. The second kappa shape index (κ2) is 20.4. The lowest BCUT2D eigenvalue weighted by molar-refractivity contribution is -0.294. The Labute approximate surface area is 370 Å². The number of pyridine rings is 1. The average Bonchev–Trinajstić information content (AvgIpc) is 3.84. The van der Waals surface area contributed by atoms with Crippen LogP contribution in [0.5, 0.6) is 0 Å². The molecule has 5 heterocycles. The third kappa shape index (κ3) is 10.3. The van der Waals surface area contributed by atoms with Crippen LogP contribution in [0.1, 0.15) is 90.9 Å². The topological polar surface area (TPSA) is 178 Å². The van der Waals surface area contributed by atoms with Crippen molar-refractivity contribution in [3.63, 3.8) is 0 Å². The number of amides is 1. The summed E-state index contributed by atoms with van der Waals surface area (Å²) in [6, 6.07) is 11.3. The first-order valence-electron chi connectivity index (χ1n) is 22.3. The minimum Gasteiger partial charge on any atom is -0.458 e. The highest BCUT2D eigenvalue weighted by atomic mass is 16.7. The molecule has 13 atom stereocenters. The number of Topliss-reactive ketones (excluding diaryl/α,β-unsaturated/α-hetero) is 2. The summed E-state index contributed by atoms with van der Waals surface area (Å²) in [5.74, 6) is -5.70. The Morgan fingerprint density at radius 3 is 2.32 bits per heavy atom. The molecular weight excluding hydrogens is 811 g/mol. The van der Waals surface area contributed by atoms with Crippen LogP contribution >= 0.6 is 0 Å². The maximum Gasteiger partial charge on any atom is 0.410 e. The summed E-state index contributed by atoms with van der Waals surface area (Å²) in [6.45, 7) is 13.1. The van der Waals surface area contributed by atoms with Crippen molar-refractivity contribution in [2.75, 3.05) is 27.7 Å². The van der Waals surface area contributed by atoms with Crippen molar-refractivity contribution in [1.82, 2.24) is 24.3 Å². The van der Waals surface area contributed by atoms with Gasteiger partial charge in [0.15, 0.2) is 29.9 Å². The zero-order valence-corrected chi connectivity index (χ0v) is 38.3. The van der Waals surface area contributed by atoms with Gasteiger partial charge in [-0.3, -0.25) is 14.4 Å². The van der Waals surface area contributed by atoms with E-state index in [9.17, 15) is 24.0 Å². The maximum absolute atomic E-state index is 14.8. The minimum absolute atomic E-state index is 0.0952. The van der Waals surface area contributed by atoms with E-state index in [1.54, 1.807) is 75.5 Å². The summed E-state index contributed by atoms with van der Waals surface area (Å²) in [7, 11) is 5.26. The van der Waals surface area contributed by atoms with Crippen LogP contribution in [-0.4, -0.2) is 136 Å². The van der Waals surface area contributed by atoms with Gasteiger partial charge in [-0.25, -0.2) is 19.6 Å². The normalized spacial score (nSPS) is 33.5. The molecule has 0 N–H and O–H groups in total. The van der Waals surface area contributed by atoms with Gasteiger partial charge in [0, 0.05) is 44.1 Å². The molecule has 3 aliphatic rings. The van der Waals surface area contributed by atoms with Crippen molar-refractivity contribution in [1.29, 1.82) is 0 Å². The number of cyclic esters (lactones) is 1. The molecule has 0 bridgehead atoms. The number of fused-ring (bicyclic) bond motifs is 2. The molecule has 3 fully saturated rings. The number of hydrogen-bond donors (Lipinski definition) is 0. The predicted molar refractivity (Wildman–Crippen MR) is 231 cm³/mol. The number of methoxy groups -OCH3 is 1. The number of imidazole rings is 1. The molecular formula is C47H65N5O11. The zero-order chi connectivity index (χ0) is 45.7. The number of esters is 2. The van der Waals surface area contributed by atoms with Crippen LogP contribution in [0.3, 0.4) is 0 Å². The van der Waals surface area contributed by atoms with Gasteiger partial charge < -0.3 is 42.8 Å². The van der Waals surface area contributed by atoms with Gasteiger partial charge in [-0.2, -0.15) is 0 Å². The first-order chi connectivity index (χ1) is 30.0. The van der Waals surface area contributed by atoms with Crippen molar-refractivity contribution in [2.24, 2.45) is 23.7 Å². The fraction of sp³-hybridized carbons (Fsp3) is 0.638. The number of aryl methyl sites for hydroxylation is 1. The predicted octanol–water partition coefficient (Wildman–Crippen LogP) is 5.89. The summed E-state index contributed by atoms with van der Waals surface area (Å²) in [4.78, 5) is 83.1. The molecule has 0 spiro atoms. The van der Waals surface area contributed by atoms with Gasteiger partial charge in [0.25, 0.3) is 0 Å². The molecule has 344 valence electrons. The Bertz CT molecular complexity index is 2080. The number of carbonyl (C=O) groups is 5. The molecule has 1 aromatic carbocycles. The zero-order valence-electron chi connectivity index (χ0n) is 38.3. The van der Waals surface area contributed by atoms with E-state index in [2.05, 4.69) is 9.97 Å². The first-order valence-corrected chi connectivity index (χ1v) is 22.3. The van der Waals surface area contributed by atoms with Crippen molar-refractivity contribution >= 4 is 40.8 Å². The Morgan fingerprint density at radius 1 is 0.921 bits per heavy atom. The lowest BCUT2D eigenvalue weighted by Crippen LogP contribution is -2.60. The number of carbonyl (C=O) groups excluding carboxylic acids is 5. The Kier molecular flexibility index (Phi) is 15.4. The van der Waals surface area contributed by atoms with E-state index in [1.165, 1.54) is 14.0 Å². The fourth-order valence-electron chi connectivity index (χ4n) is 9.67. The maximum atomic E-state index is 14.8. The third-order valence-electron chi connectivity index (χ3n) is 13.3. The molecule has 6 rings (SSSR count). The van der Waals surface area contributed by atoms with E-state index in [-0.39, 0.29) is 37.3 Å². The number of rotatable bonds is 12. The SMILES string of the molecule is CC[C@H]1OC(=O)[C@H](C)C(=O)[C@H](C)[C@@H](OC2O[C@H](C)C[C@H](N(C)C)[C@H]2OC(=O)c2ccccc2)[C@@](C)(OC)C[C@@H](C)C(=O)[C@H](C)[C@@H]2C1OC(=O)N2CCCCn1cnc2cccnc21. The van der Waals surface area contributed by atoms with E-state index in [1.807, 2.05) is 49.5 Å². The monoisotopic (exact) mass is 875 g/mol. The van der Waals surface area contributed by atoms with Gasteiger partial charge in [0.05, 0.1) is 41.8 Å². The van der Waals surface area contributed by atoms with Crippen LogP contribution in [0.25, 0.3) is 11.2 Å². The molecule has 0 aliphatic carbocycles. The summed E-state index contributed by atoms with van der Waals surface area (Å²) < 4.78 is 39.9. The average molecular weight is 876 g/mol. The van der Waals surface area contributed by atoms with Gasteiger partial charge in [-0.05, 0) is 91.2 Å². The second-order valence-corrected chi connectivity index (χ2v) is 18.0. The summed E-state index contributed by atoms with van der Waals surface area (Å²) in [5.41, 5.74) is 0.586. The summed E-state index contributed by atoms with van der Waals surface area (Å²) >= 11 is 0. The molecule has 3 aliphatic heterocycles. The van der Waals surface area contributed by atoms with Crippen molar-refractivity contribution in [3.8, 4) is 0 Å². The van der Waals surface area contributed by atoms with Crippen molar-refractivity contribution in [2.45, 2.75) is 142 Å². The number of hydrogen-bond acceptors (Lipinski definition) is 14. The van der Waals surface area contributed by atoms with Crippen LogP contribution in [-0.2, 0) is 49.3 Å².